The maximum atomic E-state index is 12.4. The third kappa shape index (κ3) is 7.17. The fourth-order valence-electron chi connectivity index (χ4n) is 2.56. The number of nitrogens with zero attached hydrogens (tertiary/aromatic N) is 2. The molecule has 1 fully saturated rings. The molecule has 0 spiro atoms. The van der Waals surface area contributed by atoms with E-state index in [9.17, 15) is 8.42 Å². The zero-order valence-corrected chi connectivity index (χ0v) is 20.5. The van der Waals surface area contributed by atoms with Crippen LogP contribution < -0.4 is 10.6 Å². The van der Waals surface area contributed by atoms with Crippen molar-refractivity contribution in [2.75, 3.05) is 43.9 Å². The molecule has 1 saturated heterocycles. The molecule has 2 N–H and O–H groups in total. The topological polar surface area (TPSA) is 73.8 Å². The van der Waals surface area contributed by atoms with Crippen molar-refractivity contribution in [1.82, 2.24) is 14.9 Å². The molecule has 0 aliphatic carbocycles. The minimum atomic E-state index is -3.21. The summed E-state index contributed by atoms with van der Waals surface area (Å²) in [5.41, 5.74) is 1.11. The van der Waals surface area contributed by atoms with Gasteiger partial charge in [0.05, 0.1) is 11.8 Å². The van der Waals surface area contributed by atoms with Crippen LogP contribution in [0.4, 0.5) is 0 Å². The van der Waals surface area contributed by atoms with Crippen molar-refractivity contribution in [3.8, 4) is 0 Å². The molecule has 10 heteroatoms. The van der Waals surface area contributed by atoms with Crippen LogP contribution in [0.25, 0.3) is 0 Å². The molecule has 0 radical (unpaired) electrons. The Bertz CT molecular complexity index is 697. The van der Waals surface area contributed by atoms with E-state index < -0.39 is 10.0 Å². The van der Waals surface area contributed by atoms with E-state index in [1.165, 1.54) is 0 Å². The van der Waals surface area contributed by atoms with Gasteiger partial charge in [0.1, 0.15) is 0 Å². The molecule has 1 aromatic carbocycles. The minimum Gasteiger partial charge on any atom is -0.355 e. The summed E-state index contributed by atoms with van der Waals surface area (Å²) in [6.45, 7) is 3.58. The van der Waals surface area contributed by atoms with Crippen LogP contribution in [0.1, 0.15) is 18.5 Å². The monoisotopic (exact) mass is 576 g/mol. The largest absolute Gasteiger partial charge is 0.355 e. The molecular weight excluding hydrogens is 551 g/mol. The summed E-state index contributed by atoms with van der Waals surface area (Å²) in [5.74, 6) is 2.41. The smallest absolute Gasteiger partial charge is 0.215 e. The summed E-state index contributed by atoms with van der Waals surface area (Å²) in [7, 11) is -1.53. The summed E-state index contributed by atoms with van der Waals surface area (Å²) in [5, 5.41) is 6.38. The second kappa shape index (κ2) is 11.7. The van der Waals surface area contributed by atoms with Crippen LogP contribution in [0.2, 0.25) is 0 Å². The quantitative estimate of drug-likeness (QED) is 0.309. The Morgan fingerprint density at radius 1 is 1.35 bits per heavy atom. The van der Waals surface area contributed by atoms with Crippen LogP contribution in [-0.2, 0) is 10.0 Å². The predicted octanol–water partition coefficient (Wildman–Crippen LogP) is 2.67. The summed E-state index contributed by atoms with van der Waals surface area (Å²) >= 11 is 5.34. The highest BCUT2D eigenvalue weighted by Gasteiger charge is 2.23. The maximum absolute atomic E-state index is 12.4. The molecule has 6 nitrogen and oxygen atoms in total. The molecule has 2 rings (SSSR count). The van der Waals surface area contributed by atoms with Crippen molar-refractivity contribution in [3.05, 3.63) is 34.3 Å². The maximum Gasteiger partial charge on any atom is 0.215 e. The van der Waals surface area contributed by atoms with Crippen LogP contribution >= 0.6 is 51.7 Å². The van der Waals surface area contributed by atoms with Gasteiger partial charge in [-0.05, 0) is 18.6 Å². The van der Waals surface area contributed by atoms with E-state index in [4.69, 9.17) is 0 Å². The van der Waals surface area contributed by atoms with Crippen molar-refractivity contribution in [2.24, 2.45) is 4.99 Å². The Hall–Kier alpha value is -0.0400. The number of guanidine groups is 1. The minimum absolute atomic E-state index is 0. The van der Waals surface area contributed by atoms with Crippen molar-refractivity contribution >= 4 is 67.7 Å². The highest BCUT2D eigenvalue weighted by Crippen LogP contribution is 2.22. The lowest BCUT2D eigenvalue weighted by atomic mass is 10.1. The van der Waals surface area contributed by atoms with Crippen molar-refractivity contribution in [2.45, 2.75) is 13.0 Å². The second-order valence-corrected chi connectivity index (χ2v) is 9.88. The lowest BCUT2D eigenvalue weighted by molar-refractivity contribution is 0.443. The van der Waals surface area contributed by atoms with E-state index in [1.54, 1.807) is 23.1 Å². The molecule has 148 valence electrons. The van der Waals surface area contributed by atoms with Crippen molar-refractivity contribution in [3.63, 3.8) is 0 Å². The number of hydrogen-bond donors (Lipinski definition) is 2. The summed E-state index contributed by atoms with van der Waals surface area (Å²) in [6, 6.07) is 8.02. The average Bonchev–Trinajstić information content (AvgIpc) is 2.61. The van der Waals surface area contributed by atoms with Crippen LogP contribution in [-0.4, -0.2) is 62.6 Å². The van der Waals surface area contributed by atoms with E-state index in [-0.39, 0.29) is 35.8 Å². The number of nitrogens with one attached hydrogen (secondary N) is 2. The molecule has 1 aromatic rings. The molecule has 0 bridgehead atoms. The third-order valence-electron chi connectivity index (χ3n) is 3.96. The second-order valence-electron chi connectivity index (χ2n) is 5.71. The van der Waals surface area contributed by atoms with Gasteiger partial charge in [0.25, 0.3) is 0 Å². The Balaban J connectivity index is 0.00000338. The summed E-state index contributed by atoms with van der Waals surface area (Å²) < 4.78 is 27.3. The summed E-state index contributed by atoms with van der Waals surface area (Å²) in [6.07, 6.45) is 0. The first-order valence-corrected chi connectivity index (χ1v) is 11.8. The highest BCUT2D eigenvalue weighted by atomic mass is 127. The van der Waals surface area contributed by atoms with Gasteiger partial charge in [0.15, 0.2) is 5.96 Å². The van der Waals surface area contributed by atoms with Gasteiger partial charge in [-0.15, -0.1) is 24.0 Å². The molecule has 1 heterocycles. The van der Waals surface area contributed by atoms with E-state index in [1.807, 2.05) is 31.2 Å². The molecule has 0 saturated carbocycles. The third-order valence-corrected chi connectivity index (χ3v) is 7.50. The van der Waals surface area contributed by atoms with Gasteiger partial charge in [0.2, 0.25) is 10.0 Å². The van der Waals surface area contributed by atoms with E-state index in [0.29, 0.717) is 25.6 Å². The molecule has 26 heavy (non-hydrogen) atoms. The Kier molecular flexibility index (Phi) is 10.8. The average molecular weight is 577 g/mol. The number of sulfonamides is 1. The zero-order valence-electron chi connectivity index (χ0n) is 14.9. The molecule has 0 aromatic heterocycles. The number of benzene rings is 1. The number of thioether (sulfide) groups is 1. The first-order valence-electron chi connectivity index (χ1n) is 8.21. The Morgan fingerprint density at radius 2 is 2.00 bits per heavy atom. The standard InChI is InChI=1S/C16H25BrN4O2S2.HI/c1-13(14-5-3-4-6-15(14)17)20-16(18-2)19-7-12-25(22,23)21-8-10-24-11-9-21;/h3-6,13H,7-12H2,1-2H3,(H2,18,19,20);1H. The normalized spacial score (nSPS) is 17.3. The van der Waals surface area contributed by atoms with Gasteiger partial charge >= 0.3 is 0 Å². The predicted molar refractivity (Wildman–Crippen MR) is 125 cm³/mol. The molecule has 1 atom stereocenters. The molecule has 1 aliphatic heterocycles. The number of halogens is 2. The fourth-order valence-corrected chi connectivity index (χ4v) is 5.68. The van der Waals surface area contributed by atoms with Crippen molar-refractivity contribution in [1.29, 1.82) is 0 Å². The van der Waals surface area contributed by atoms with Gasteiger partial charge in [-0.25, -0.2) is 12.7 Å². The number of hydrogen-bond acceptors (Lipinski definition) is 4. The Labute approximate surface area is 186 Å². The van der Waals surface area contributed by atoms with Crippen molar-refractivity contribution < 1.29 is 8.42 Å². The zero-order chi connectivity index (χ0) is 18.3. The number of aliphatic imine (C=N–C) groups is 1. The fraction of sp³-hybridized carbons (Fsp3) is 0.562. The van der Waals surface area contributed by atoms with Gasteiger partial charge in [-0.3, -0.25) is 4.99 Å². The van der Waals surface area contributed by atoms with E-state index >= 15 is 0 Å². The van der Waals surface area contributed by atoms with Gasteiger partial charge in [-0.2, -0.15) is 11.8 Å². The molecule has 1 unspecified atom stereocenters. The van der Waals surface area contributed by atoms with Gasteiger partial charge in [-0.1, -0.05) is 34.1 Å². The van der Waals surface area contributed by atoms with Crippen LogP contribution in [0.15, 0.2) is 33.7 Å². The van der Waals surface area contributed by atoms with E-state index in [0.717, 1.165) is 21.5 Å². The Morgan fingerprint density at radius 3 is 2.62 bits per heavy atom. The van der Waals surface area contributed by atoms with Crippen LogP contribution in [0.3, 0.4) is 0 Å². The SMILES string of the molecule is CN=C(NCCS(=O)(=O)N1CCSCC1)NC(C)c1ccccc1Br.I. The van der Waals surface area contributed by atoms with E-state index in [2.05, 4.69) is 31.6 Å². The molecule has 1 aliphatic rings. The lowest BCUT2D eigenvalue weighted by Crippen LogP contribution is -2.44. The lowest BCUT2D eigenvalue weighted by Gasteiger charge is -2.26. The molecular formula is C16H26BrIN4O2S2. The van der Waals surface area contributed by atoms with Crippen LogP contribution in [0.5, 0.6) is 0 Å². The first-order chi connectivity index (χ1) is 11.9. The highest BCUT2D eigenvalue weighted by molar-refractivity contribution is 14.0. The molecule has 0 amide bonds. The first kappa shape index (κ1) is 24.0. The van der Waals surface area contributed by atoms with Crippen LogP contribution in [0, 0.1) is 0 Å². The van der Waals surface area contributed by atoms with Gasteiger partial charge < -0.3 is 10.6 Å². The van der Waals surface area contributed by atoms with Gasteiger partial charge in [0, 0.05) is 42.7 Å². The number of rotatable bonds is 6. The summed E-state index contributed by atoms with van der Waals surface area (Å²) in [4.78, 5) is 4.18.